The van der Waals surface area contributed by atoms with Crippen molar-refractivity contribution in [1.29, 1.82) is 0 Å². The van der Waals surface area contributed by atoms with Gasteiger partial charge in [-0.1, -0.05) is 60.7 Å². The van der Waals surface area contributed by atoms with Gasteiger partial charge in [0.15, 0.2) is 5.78 Å². The summed E-state index contributed by atoms with van der Waals surface area (Å²) in [5.74, 6) is 0.431. The van der Waals surface area contributed by atoms with Gasteiger partial charge >= 0.3 is 5.97 Å². The standard InChI is InChI=1S/C31H30O5/c1-21-18-27(14-12-23(21)13-15-30(32)33)35-17-16-22(2)36-29-20-26-11-7-6-10-25(26)19-28(29)31(34)24-8-4-3-5-9-24/h3-12,14,18-20,22H,13,15-17H2,1-2H3,(H,32,33). The van der Waals surface area contributed by atoms with E-state index in [4.69, 9.17) is 14.6 Å². The molecule has 1 atom stereocenters. The van der Waals surface area contributed by atoms with Gasteiger partial charge < -0.3 is 14.6 Å². The Kier molecular flexibility index (Phi) is 8.01. The third-order valence-corrected chi connectivity index (χ3v) is 6.17. The van der Waals surface area contributed by atoms with Crippen molar-refractivity contribution in [2.75, 3.05) is 6.61 Å². The Bertz CT molecular complexity index is 1360. The number of hydrogen-bond acceptors (Lipinski definition) is 4. The van der Waals surface area contributed by atoms with Crippen LogP contribution in [-0.4, -0.2) is 29.6 Å². The predicted octanol–water partition coefficient (Wildman–Crippen LogP) is 6.63. The molecular weight excluding hydrogens is 452 g/mol. The van der Waals surface area contributed by atoms with Gasteiger partial charge in [0.1, 0.15) is 11.5 Å². The molecule has 0 aromatic heterocycles. The van der Waals surface area contributed by atoms with E-state index in [1.54, 1.807) is 0 Å². The fourth-order valence-electron chi connectivity index (χ4n) is 4.14. The van der Waals surface area contributed by atoms with Crippen LogP contribution in [0.4, 0.5) is 0 Å². The monoisotopic (exact) mass is 482 g/mol. The van der Waals surface area contributed by atoms with Crippen LogP contribution in [0.3, 0.4) is 0 Å². The molecule has 184 valence electrons. The maximum Gasteiger partial charge on any atom is 0.303 e. The van der Waals surface area contributed by atoms with Crippen LogP contribution in [-0.2, 0) is 11.2 Å². The summed E-state index contributed by atoms with van der Waals surface area (Å²) in [5.41, 5.74) is 3.18. The van der Waals surface area contributed by atoms with Crippen LogP contribution in [0, 0.1) is 6.92 Å². The Morgan fingerprint density at radius 2 is 1.58 bits per heavy atom. The molecule has 0 amide bonds. The smallest absolute Gasteiger partial charge is 0.303 e. The average molecular weight is 483 g/mol. The number of ether oxygens (including phenoxy) is 2. The van der Waals surface area contributed by atoms with E-state index in [-0.39, 0.29) is 18.3 Å². The number of carbonyl (C=O) groups excluding carboxylic acids is 1. The summed E-state index contributed by atoms with van der Waals surface area (Å²) < 4.78 is 12.2. The van der Waals surface area contributed by atoms with Crippen LogP contribution in [0.2, 0.25) is 0 Å². The number of rotatable bonds is 11. The van der Waals surface area contributed by atoms with Crippen molar-refractivity contribution in [3.63, 3.8) is 0 Å². The number of fused-ring (bicyclic) bond motifs is 1. The molecule has 5 heteroatoms. The van der Waals surface area contributed by atoms with Gasteiger partial charge in [0.05, 0.1) is 18.3 Å². The number of aryl methyl sites for hydroxylation is 2. The summed E-state index contributed by atoms with van der Waals surface area (Å²) in [6.45, 7) is 4.38. The fourth-order valence-corrected chi connectivity index (χ4v) is 4.14. The van der Waals surface area contributed by atoms with Crippen molar-refractivity contribution in [2.45, 2.75) is 39.2 Å². The first kappa shape index (κ1) is 25.0. The molecular formula is C31H30O5. The number of carboxylic acid groups (broad SMARTS) is 1. The van der Waals surface area contributed by atoms with E-state index in [2.05, 4.69) is 0 Å². The zero-order valence-corrected chi connectivity index (χ0v) is 20.6. The summed E-state index contributed by atoms with van der Waals surface area (Å²) in [5, 5.41) is 10.9. The molecule has 4 aromatic carbocycles. The lowest BCUT2D eigenvalue weighted by atomic mass is 9.98. The van der Waals surface area contributed by atoms with Crippen LogP contribution >= 0.6 is 0 Å². The van der Waals surface area contributed by atoms with Crippen LogP contribution in [0.5, 0.6) is 11.5 Å². The highest BCUT2D eigenvalue weighted by atomic mass is 16.5. The van der Waals surface area contributed by atoms with Crippen LogP contribution in [0.1, 0.15) is 46.8 Å². The minimum Gasteiger partial charge on any atom is -0.493 e. The Balaban J connectivity index is 1.43. The highest BCUT2D eigenvalue weighted by Gasteiger charge is 2.18. The minimum atomic E-state index is -0.802. The molecule has 1 unspecified atom stereocenters. The number of benzene rings is 4. The Morgan fingerprint density at radius 3 is 2.28 bits per heavy atom. The third kappa shape index (κ3) is 6.30. The zero-order valence-electron chi connectivity index (χ0n) is 20.6. The molecule has 0 heterocycles. The van der Waals surface area contributed by atoms with E-state index < -0.39 is 5.97 Å². The maximum absolute atomic E-state index is 13.3. The third-order valence-electron chi connectivity index (χ3n) is 6.17. The lowest BCUT2D eigenvalue weighted by Crippen LogP contribution is -2.17. The molecule has 0 radical (unpaired) electrons. The highest BCUT2D eigenvalue weighted by molar-refractivity contribution is 6.12. The first-order chi connectivity index (χ1) is 17.4. The van der Waals surface area contributed by atoms with E-state index in [0.29, 0.717) is 36.3 Å². The molecule has 0 aliphatic carbocycles. The number of aliphatic carboxylic acids is 1. The molecule has 1 N–H and O–H groups in total. The van der Waals surface area contributed by atoms with Gasteiger partial charge in [-0.2, -0.15) is 0 Å². The quantitative estimate of drug-likeness (QED) is 0.243. The molecule has 4 aromatic rings. The summed E-state index contributed by atoms with van der Waals surface area (Å²) in [6.07, 6.45) is 1.07. The highest BCUT2D eigenvalue weighted by Crippen LogP contribution is 2.29. The largest absolute Gasteiger partial charge is 0.493 e. The molecule has 0 saturated carbocycles. The SMILES string of the molecule is Cc1cc(OCCC(C)Oc2cc3ccccc3cc2C(=O)c2ccccc2)ccc1CCC(=O)O. The lowest BCUT2D eigenvalue weighted by molar-refractivity contribution is -0.136. The Labute approximate surface area is 211 Å². The Hall–Kier alpha value is -4.12. The van der Waals surface area contributed by atoms with Gasteiger partial charge in [-0.25, -0.2) is 0 Å². The second-order valence-electron chi connectivity index (χ2n) is 8.94. The van der Waals surface area contributed by atoms with Crippen LogP contribution in [0.15, 0.2) is 84.9 Å². The molecule has 0 spiro atoms. The number of carboxylic acids is 1. The number of carbonyl (C=O) groups is 2. The lowest BCUT2D eigenvalue weighted by Gasteiger charge is -2.19. The van der Waals surface area contributed by atoms with Crippen molar-refractivity contribution >= 4 is 22.5 Å². The van der Waals surface area contributed by atoms with Gasteiger partial charge in [-0.05, 0) is 66.4 Å². The summed E-state index contributed by atoms with van der Waals surface area (Å²) in [6, 6.07) is 26.7. The second kappa shape index (κ2) is 11.5. The average Bonchev–Trinajstić information content (AvgIpc) is 2.88. The first-order valence-corrected chi connectivity index (χ1v) is 12.1. The minimum absolute atomic E-state index is 0.0710. The van der Waals surface area contributed by atoms with Crippen molar-refractivity contribution in [3.05, 3.63) is 107 Å². The van der Waals surface area contributed by atoms with Crippen molar-refractivity contribution < 1.29 is 24.2 Å². The molecule has 0 fully saturated rings. The van der Waals surface area contributed by atoms with Crippen LogP contribution in [0.25, 0.3) is 10.8 Å². The van der Waals surface area contributed by atoms with E-state index in [9.17, 15) is 9.59 Å². The first-order valence-electron chi connectivity index (χ1n) is 12.1. The molecule has 4 rings (SSSR count). The summed E-state index contributed by atoms with van der Waals surface area (Å²) >= 11 is 0. The van der Waals surface area contributed by atoms with Gasteiger partial charge in [-0.3, -0.25) is 9.59 Å². The molecule has 0 saturated heterocycles. The molecule has 0 aliphatic heterocycles. The second-order valence-corrected chi connectivity index (χ2v) is 8.94. The topological polar surface area (TPSA) is 72.8 Å². The fraction of sp³-hybridized carbons (Fsp3) is 0.226. The summed E-state index contributed by atoms with van der Waals surface area (Å²) in [4.78, 5) is 24.1. The molecule has 0 bridgehead atoms. The van der Waals surface area contributed by atoms with Gasteiger partial charge in [-0.15, -0.1) is 0 Å². The molecule has 0 aliphatic rings. The molecule has 36 heavy (non-hydrogen) atoms. The summed E-state index contributed by atoms with van der Waals surface area (Å²) in [7, 11) is 0. The van der Waals surface area contributed by atoms with Crippen molar-refractivity contribution in [1.82, 2.24) is 0 Å². The normalized spacial score (nSPS) is 11.7. The van der Waals surface area contributed by atoms with Gasteiger partial charge in [0.25, 0.3) is 0 Å². The van der Waals surface area contributed by atoms with E-state index in [1.165, 1.54) is 0 Å². The molecule has 5 nitrogen and oxygen atoms in total. The maximum atomic E-state index is 13.3. The number of hydrogen-bond donors (Lipinski definition) is 1. The van der Waals surface area contributed by atoms with Crippen molar-refractivity contribution in [3.8, 4) is 11.5 Å². The van der Waals surface area contributed by atoms with E-state index in [0.717, 1.165) is 27.6 Å². The van der Waals surface area contributed by atoms with Crippen molar-refractivity contribution in [2.24, 2.45) is 0 Å². The predicted molar refractivity (Wildman–Crippen MR) is 141 cm³/mol. The van der Waals surface area contributed by atoms with E-state index >= 15 is 0 Å². The Morgan fingerprint density at radius 1 is 0.889 bits per heavy atom. The van der Waals surface area contributed by atoms with Crippen LogP contribution < -0.4 is 9.47 Å². The van der Waals surface area contributed by atoms with Gasteiger partial charge in [0, 0.05) is 18.4 Å². The van der Waals surface area contributed by atoms with Gasteiger partial charge in [0.2, 0.25) is 0 Å². The van der Waals surface area contributed by atoms with E-state index in [1.807, 2.05) is 98.8 Å². The number of ketones is 1. The zero-order chi connectivity index (χ0) is 25.5.